The van der Waals surface area contributed by atoms with Gasteiger partial charge in [0.2, 0.25) is 0 Å². The summed E-state index contributed by atoms with van der Waals surface area (Å²) < 4.78 is 0. The molecule has 1 aliphatic carbocycles. The lowest BCUT2D eigenvalue weighted by Crippen LogP contribution is -2.27. The standard InChI is InChI=1S/C8H9ClO2/c1-2-5-3-6(9)4-7(10)8(5)11/h2-4,7-8,10-11H,1H2/t7-,8+/m0/s1. The molecule has 0 saturated heterocycles. The van der Waals surface area contributed by atoms with Gasteiger partial charge in [0.1, 0.15) is 12.2 Å². The van der Waals surface area contributed by atoms with Crippen LogP contribution in [0.5, 0.6) is 0 Å². The molecule has 60 valence electrons. The first-order valence-electron chi connectivity index (χ1n) is 3.22. The molecule has 0 amide bonds. The molecule has 0 bridgehead atoms. The topological polar surface area (TPSA) is 40.5 Å². The molecule has 0 aliphatic heterocycles. The fourth-order valence-corrected chi connectivity index (χ4v) is 1.18. The lowest BCUT2D eigenvalue weighted by atomic mass is 9.99. The third-order valence-electron chi connectivity index (χ3n) is 1.54. The van der Waals surface area contributed by atoms with Gasteiger partial charge in [-0.2, -0.15) is 0 Å². The number of rotatable bonds is 1. The van der Waals surface area contributed by atoms with E-state index in [0.29, 0.717) is 10.6 Å². The SMILES string of the molecule is C=CC1=CC(Cl)=C[C@H](O)[C@@H]1O. The number of hydrogen-bond donors (Lipinski definition) is 2. The summed E-state index contributed by atoms with van der Waals surface area (Å²) in [5.74, 6) is 0. The maximum Gasteiger partial charge on any atom is 0.109 e. The van der Waals surface area contributed by atoms with Crippen LogP contribution in [-0.2, 0) is 0 Å². The highest BCUT2D eigenvalue weighted by Gasteiger charge is 2.20. The van der Waals surface area contributed by atoms with Crippen LogP contribution in [0.25, 0.3) is 0 Å². The summed E-state index contributed by atoms with van der Waals surface area (Å²) in [6.45, 7) is 3.48. The summed E-state index contributed by atoms with van der Waals surface area (Å²) >= 11 is 5.62. The molecule has 0 heterocycles. The summed E-state index contributed by atoms with van der Waals surface area (Å²) in [5.41, 5.74) is 0.546. The van der Waals surface area contributed by atoms with Crippen molar-refractivity contribution in [2.45, 2.75) is 12.2 Å². The van der Waals surface area contributed by atoms with E-state index < -0.39 is 12.2 Å². The number of allylic oxidation sites excluding steroid dienone is 2. The summed E-state index contributed by atoms with van der Waals surface area (Å²) in [4.78, 5) is 0. The van der Waals surface area contributed by atoms with E-state index in [1.165, 1.54) is 12.2 Å². The second-order valence-electron chi connectivity index (χ2n) is 2.34. The first-order chi connectivity index (χ1) is 5.15. The Morgan fingerprint density at radius 1 is 1.55 bits per heavy atom. The van der Waals surface area contributed by atoms with Gasteiger partial charge in [0.05, 0.1) is 0 Å². The van der Waals surface area contributed by atoms with E-state index in [1.54, 1.807) is 6.08 Å². The van der Waals surface area contributed by atoms with Crippen LogP contribution in [0, 0.1) is 0 Å². The van der Waals surface area contributed by atoms with Crippen molar-refractivity contribution in [3.05, 3.63) is 35.4 Å². The van der Waals surface area contributed by atoms with Gasteiger partial charge in [-0.25, -0.2) is 0 Å². The molecule has 0 aromatic rings. The van der Waals surface area contributed by atoms with Crippen LogP contribution in [0.2, 0.25) is 0 Å². The van der Waals surface area contributed by atoms with Crippen molar-refractivity contribution < 1.29 is 10.2 Å². The highest BCUT2D eigenvalue weighted by atomic mass is 35.5. The van der Waals surface area contributed by atoms with Gasteiger partial charge >= 0.3 is 0 Å². The minimum Gasteiger partial charge on any atom is -0.386 e. The first kappa shape index (κ1) is 8.53. The van der Waals surface area contributed by atoms with Crippen molar-refractivity contribution in [2.24, 2.45) is 0 Å². The first-order valence-corrected chi connectivity index (χ1v) is 3.60. The van der Waals surface area contributed by atoms with Crippen molar-refractivity contribution in [1.82, 2.24) is 0 Å². The van der Waals surface area contributed by atoms with E-state index >= 15 is 0 Å². The second-order valence-corrected chi connectivity index (χ2v) is 2.77. The zero-order valence-electron chi connectivity index (χ0n) is 5.87. The van der Waals surface area contributed by atoms with Crippen LogP contribution in [-0.4, -0.2) is 22.4 Å². The molecule has 0 radical (unpaired) electrons. The van der Waals surface area contributed by atoms with Crippen molar-refractivity contribution in [3.8, 4) is 0 Å². The van der Waals surface area contributed by atoms with E-state index in [-0.39, 0.29) is 0 Å². The molecule has 1 rings (SSSR count). The average Bonchev–Trinajstić information content (AvgIpc) is 1.96. The molecular formula is C8H9ClO2. The number of aliphatic hydroxyl groups excluding tert-OH is 2. The van der Waals surface area contributed by atoms with Crippen molar-refractivity contribution in [2.75, 3.05) is 0 Å². The molecule has 1 aliphatic rings. The monoisotopic (exact) mass is 172 g/mol. The zero-order chi connectivity index (χ0) is 8.43. The molecule has 0 spiro atoms. The number of halogens is 1. The highest BCUT2D eigenvalue weighted by molar-refractivity contribution is 6.31. The quantitative estimate of drug-likeness (QED) is 0.619. The van der Waals surface area contributed by atoms with Crippen molar-refractivity contribution >= 4 is 11.6 Å². The molecule has 11 heavy (non-hydrogen) atoms. The maximum atomic E-state index is 9.26. The molecule has 0 fully saturated rings. The Labute approximate surface area is 70.1 Å². The Hall–Kier alpha value is -0.570. The summed E-state index contributed by atoms with van der Waals surface area (Å²) in [5, 5.41) is 18.8. The third kappa shape index (κ3) is 1.71. The van der Waals surface area contributed by atoms with Gasteiger partial charge in [0.25, 0.3) is 0 Å². The fraction of sp³-hybridized carbons (Fsp3) is 0.250. The van der Waals surface area contributed by atoms with Gasteiger partial charge in [0.15, 0.2) is 0 Å². The van der Waals surface area contributed by atoms with Gasteiger partial charge in [-0.3, -0.25) is 0 Å². The van der Waals surface area contributed by atoms with Crippen LogP contribution in [0.4, 0.5) is 0 Å². The second kappa shape index (κ2) is 3.22. The Morgan fingerprint density at radius 2 is 2.18 bits per heavy atom. The minimum absolute atomic E-state index is 0.428. The van der Waals surface area contributed by atoms with Crippen molar-refractivity contribution in [1.29, 1.82) is 0 Å². The molecule has 3 heteroatoms. The largest absolute Gasteiger partial charge is 0.386 e. The molecule has 0 saturated carbocycles. The summed E-state index contributed by atoms with van der Waals surface area (Å²) in [6.07, 6.45) is 2.63. The molecule has 2 N–H and O–H groups in total. The van der Waals surface area contributed by atoms with Gasteiger partial charge in [-0.15, -0.1) is 0 Å². The Bertz CT molecular complexity index is 230. The van der Waals surface area contributed by atoms with Gasteiger partial charge in [-0.1, -0.05) is 24.3 Å². The fourth-order valence-electron chi connectivity index (χ4n) is 0.924. The van der Waals surface area contributed by atoms with Crippen LogP contribution < -0.4 is 0 Å². The molecular weight excluding hydrogens is 164 g/mol. The van der Waals surface area contributed by atoms with Gasteiger partial charge in [-0.05, 0) is 17.7 Å². The smallest absolute Gasteiger partial charge is 0.109 e. The molecule has 0 aromatic carbocycles. The molecule has 2 nitrogen and oxygen atoms in total. The predicted molar refractivity (Wildman–Crippen MR) is 44.2 cm³/mol. The molecule has 2 atom stereocenters. The minimum atomic E-state index is -0.916. The summed E-state index contributed by atoms with van der Waals surface area (Å²) in [6, 6.07) is 0. The Kier molecular flexibility index (Phi) is 2.49. The van der Waals surface area contributed by atoms with Gasteiger partial charge < -0.3 is 10.2 Å². The van der Waals surface area contributed by atoms with Crippen LogP contribution >= 0.6 is 11.6 Å². The Balaban J connectivity index is 2.92. The summed E-state index contributed by atoms with van der Waals surface area (Å²) in [7, 11) is 0. The van der Waals surface area contributed by atoms with Crippen molar-refractivity contribution in [3.63, 3.8) is 0 Å². The maximum absolute atomic E-state index is 9.26. The zero-order valence-corrected chi connectivity index (χ0v) is 6.62. The van der Waals surface area contributed by atoms with E-state index in [4.69, 9.17) is 16.7 Å². The highest BCUT2D eigenvalue weighted by Crippen LogP contribution is 2.21. The molecule has 0 aromatic heterocycles. The normalized spacial score (nSPS) is 30.8. The lowest BCUT2D eigenvalue weighted by Gasteiger charge is -2.19. The van der Waals surface area contributed by atoms with E-state index in [0.717, 1.165) is 0 Å². The van der Waals surface area contributed by atoms with Crippen LogP contribution in [0.15, 0.2) is 35.4 Å². The average molecular weight is 173 g/mol. The lowest BCUT2D eigenvalue weighted by molar-refractivity contribution is 0.0736. The third-order valence-corrected chi connectivity index (χ3v) is 1.77. The number of aliphatic hydroxyl groups is 2. The van der Waals surface area contributed by atoms with E-state index in [1.807, 2.05) is 0 Å². The van der Waals surface area contributed by atoms with Gasteiger partial charge in [0, 0.05) is 5.03 Å². The molecule has 0 unspecified atom stereocenters. The van der Waals surface area contributed by atoms with Crippen LogP contribution in [0.3, 0.4) is 0 Å². The van der Waals surface area contributed by atoms with E-state index in [2.05, 4.69) is 6.58 Å². The predicted octanol–water partition coefficient (Wildman–Crippen LogP) is 0.957. The Morgan fingerprint density at radius 3 is 2.73 bits per heavy atom. The van der Waals surface area contributed by atoms with E-state index in [9.17, 15) is 5.11 Å². The van der Waals surface area contributed by atoms with Crippen LogP contribution in [0.1, 0.15) is 0 Å². The number of hydrogen-bond acceptors (Lipinski definition) is 2.